The van der Waals surface area contributed by atoms with Gasteiger partial charge in [0.1, 0.15) is 0 Å². The Kier molecular flexibility index (Phi) is 6.55. The molecule has 0 fully saturated rings. The Balaban J connectivity index is 1.89. The maximum Gasteiger partial charge on any atom is 0.262 e. The SMILES string of the molecule is Cc1cc(C)cc(NS(=O)(=O)c2cc(C(=O)Nc3ccc(Br)c(Cl)c3)ccc2C)c1. The third kappa shape index (κ3) is 5.22. The number of nitrogens with one attached hydrogen (secondary N) is 2. The predicted molar refractivity (Wildman–Crippen MR) is 125 cm³/mol. The Morgan fingerprint density at radius 1 is 0.900 bits per heavy atom. The first-order chi connectivity index (χ1) is 14.0. The predicted octanol–water partition coefficient (Wildman–Crippen LogP) is 6.08. The second-order valence-electron chi connectivity index (χ2n) is 7.05. The molecule has 0 atom stereocenters. The van der Waals surface area contributed by atoms with E-state index in [1.807, 2.05) is 19.9 Å². The van der Waals surface area contributed by atoms with E-state index in [1.54, 1.807) is 49.4 Å². The van der Waals surface area contributed by atoms with Gasteiger partial charge in [-0.1, -0.05) is 23.7 Å². The highest BCUT2D eigenvalue weighted by atomic mass is 79.9. The zero-order chi connectivity index (χ0) is 22.1. The molecule has 3 aromatic rings. The first-order valence-electron chi connectivity index (χ1n) is 9.03. The van der Waals surface area contributed by atoms with E-state index < -0.39 is 15.9 Å². The molecule has 0 aliphatic carbocycles. The lowest BCUT2D eigenvalue weighted by Crippen LogP contribution is -2.17. The molecular weight excluding hydrogens is 488 g/mol. The van der Waals surface area contributed by atoms with E-state index in [9.17, 15) is 13.2 Å². The van der Waals surface area contributed by atoms with Crippen molar-refractivity contribution in [3.05, 3.63) is 86.3 Å². The van der Waals surface area contributed by atoms with E-state index in [4.69, 9.17) is 11.6 Å². The molecule has 2 N–H and O–H groups in total. The van der Waals surface area contributed by atoms with Gasteiger partial charge in [-0.25, -0.2) is 8.42 Å². The Hall–Kier alpha value is -2.35. The molecule has 0 radical (unpaired) electrons. The molecule has 0 heterocycles. The summed E-state index contributed by atoms with van der Waals surface area (Å²) in [5.74, 6) is -0.434. The van der Waals surface area contributed by atoms with Crippen molar-refractivity contribution >= 4 is 54.8 Å². The number of benzene rings is 3. The number of carbonyl (C=O) groups is 1. The first-order valence-corrected chi connectivity index (χ1v) is 11.7. The number of hydrogen-bond donors (Lipinski definition) is 2. The van der Waals surface area contributed by atoms with Crippen molar-refractivity contribution in [1.82, 2.24) is 0 Å². The number of rotatable bonds is 5. The summed E-state index contributed by atoms with van der Waals surface area (Å²) in [6.45, 7) is 5.48. The van der Waals surface area contributed by atoms with Gasteiger partial charge in [0.05, 0.1) is 9.92 Å². The van der Waals surface area contributed by atoms with Gasteiger partial charge >= 0.3 is 0 Å². The minimum Gasteiger partial charge on any atom is -0.322 e. The zero-order valence-corrected chi connectivity index (χ0v) is 19.7. The number of amides is 1. The molecule has 5 nitrogen and oxygen atoms in total. The third-order valence-corrected chi connectivity index (χ3v) is 7.15. The first kappa shape index (κ1) is 22.3. The van der Waals surface area contributed by atoms with E-state index in [1.165, 1.54) is 6.07 Å². The summed E-state index contributed by atoms with van der Waals surface area (Å²) in [5.41, 5.74) is 3.64. The van der Waals surface area contributed by atoms with Crippen LogP contribution in [-0.4, -0.2) is 14.3 Å². The van der Waals surface area contributed by atoms with Crippen LogP contribution >= 0.6 is 27.5 Å². The van der Waals surface area contributed by atoms with Crippen molar-refractivity contribution in [2.75, 3.05) is 10.0 Å². The molecule has 156 valence electrons. The second-order valence-corrected chi connectivity index (χ2v) is 9.96. The van der Waals surface area contributed by atoms with Crippen LogP contribution < -0.4 is 10.0 Å². The average Bonchev–Trinajstić information content (AvgIpc) is 2.63. The fraction of sp³-hybridized carbons (Fsp3) is 0.136. The summed E-state index contributed by atoms with van der Waals surface area (Å²) in [6.07, 6.45) is 0. The third-order valence-electron chi connectivity index (χ3n) is 4.39. The van der Waals surface area contributed by atoms with Gasteiger partial charge in [0.25, 0.3) is 15.9 Å². The van der Waals surface area contributed by atoms with E-state index in [0.29, 0.717) is 26.4 Å². The van der Waals surface area contributed by atoms with Crippen molar-refractivity contribution in [2.24, 2.45) is 0 Å². The van der Waals surface area contributed by atoms with Gasteiger partial charge in [0.2, 0.25) is 0 Å². The summed E-state index contributed by atoms with van der Waals surface area (Å²) < 4.78 is 29.3. The summed E-state index contributed by atoms with van der Waals surface area (Å²) in [7, 11) is -3.88. The lowest BCUT2D eigenvalue weighted by atomic mass is 10.1. The van der Waals surface area contributed by atoms with Crippen LogP contribution in [0.25, 0.3) is 0 Å². The van der Waals surface area contributed by atoms with Gasteiger partial charge in [-0.3, -0.25) is 9.52 Å². The van der Waals surface area contributed by atoms with Crippen molar-refractivity contribution in [2.45, 2.75) is 25.7 Å². The summed E-state index contributed by atoms with van der Waals surface area (Å²) in [5, 5.41) is 3.19. The molecule has 0 saturated heterocycles. The number of sulfonamides is 1. The molecule has 8 heteroatoms. The molecule has 0 saturated carbocycles. The van der Waals surface area contributed by atoms with Gasteiger partial charge in [-0.05, 0) is 95.9 Å². The number of anilines is 2. The molecule has 30 heavy (non-hydrogen) atoms. The van der Waals surface area contributed by atoms with Crippen LogP contribution in [0, 0.1) is 20.8 Å². The lowest BCUT2D eigenvalue weighted by Gasteiger charge is -2.13. The molecule has 0 aliphatic heterocycles. The van der Waals surface area contributed by atoms with E-state index in [-0.39, 0.29) is 10.5 Å². The van der Waals surface area contributed by atoms with Crippen molar-refractivity contribution in [1.29, 1.82) is 0 Å². The molecule has 0 unspecified atom stereocenters. The smallest absolute Gasteiger partial charge is 0.262 e. The molecule has 3 rings (SSSR count). The van der Waals surface area contributed by atoms with Crippen LogP contribution in [0.2, 0.25) is 5.02 Å². The van der Waals surface area contributed by atoms with Crippen LogP contribution in [0.3, 0.4) is 0 Å². The molecule has 3 aromatic carbocycles. The van der Waals surface area contributed by atoms with Crippen LogP contribution in [0.1, 0.15) is 27.0 Å². The zero-order valence-electron chi connectivity index (χ0n) is 16.6. The minimum atomic E-state index is -3.88. The minimum absolute atomic E-state index is 0.0446. The quantitative estimate of drug-likeness (QED) is 0.439. The van der Waals surface area contributed by atoms with E-state index in [0.717, 1.165) is 11.1 Å². The molecule has 0 bridgehead atoms. The maximum atomic E-state index is 13.0. The standard InChI is InChI=1S/C22H20BrClN2O3S/c1-13-8-14(2)10-18(9-13)26-30(28,29)21-11-16(5-4-15(21)3)22(27)25-17-6-7-19(23)20(24)12-17/h4-12,26H,1-3H3,(H,25,27). The largest absolute Gasteiger partial charge is 0.322 e. The summed E-state index contributed by atoms with van der Waals surface area (Å²) in [6, 6.07) is 15.1. The second kappa shape index (κ2) is 8.79. The van der Waals surface area contributed by atoms with E-state index in [2.05, 4.69) is 26.0 Å². The van der Waals surface area contributed by atoms with Crippen molar-refractivity contribution in [3.63, 3.8) is 0 Å². The highest BCUT2D eigenvalue weighted by molar-refractivity contribution is 9.10. The normalized spacial score (nSPS) is 11.2. The topological polar surface area (TPSA) is 75.3 Å². The number of aryl methyl sites for hydroxylation is 3. The molecule has 0 spiro atoms. The van der Waals surface area contributed by atoms with Gasteiger partial charge in [0, 0.05) is 21.4 Å². The number of hydrogen-bond acceptors (Lipinski definition) is 3. The summed E-state index contributed by atoms with van der Waals surface area (Å²) >= 11 is 9.36. The number of carbonyl (C=O) groups excluding carboxylic acids is 1. The van der Waals surface area contributed by atoms with Crippen molar-refractivity contribution in [3.8, 4) is 0 Å². The number of halogens is 2. The van der Waals surface area contributed by atoms with Crippen LogP contribution in [0.5, 0.6) is 0 Å². The highest BCUT2D eigenvalue weighted by Crippen LogP contribution is 2.26. The fourth-order valence-corrected chi connectivity index (χ4v) is 4.79. The molecule has 0 aromatic heterocycles. The molecule has 1 amide bonds. The maximum absolute atomic E-state index is 13.0. The van der Waals surface area contributed by atoms with Gasteiger partial charge in [0.15, 0.2) is 0 Å². The summed E-state index contributed by atoms with van der Waals surface area (Å²) in [4.78, 5) is 12.7. The fourth-order valence-electron chi connectivity index (χ4n) is 3.05. The van der Waals surface area contributed by atoms with Gasteiger partial charge < -0.3 is 5.32 Å². The lowest BCUT2D eigenvalue weighted by molar-refractivity contribution is 0.102. The monoisotopic (exact) mass is 506 g/mol. The molecule has 0 aliphatic rings. The Labute approximate surface area is 189 Å². The Bertz CT molecular complexity index is 1220. The highest BCUT2D eigenvalue weighted by Gasteiger charge is 2.20. The van der Waals surface area contributed by atoms with E-state index >= 15 is 0 Å². The van der Waals surface area contributed by atoms with Crippen LogP contribution in [0.15, 0.2) is 64.0 Å². The van der Waals surface area contributed by atoms with Crippen LogP contribution in [-0.2, 0) is 10.0 Å². The molecular formula is C22H20BrClN2O3S. The Morgan fingerprint density at radius 3 is 2.20 bits per heavy atom. The van der Waals surface area contributed by atoms with Crippen molar-refractivity contribution < 1.29 is 13.2 Å². The van der Waals surface area contributed by atoms with Crippen LogP contribution in [0.4, 0.5) is 11.4 Å². The van der Waals surface area contributed by atoms with Gasteiger partial charge in [-0.15, -0.1) is 0 Å². The average molecular weight is 508 g/mol. The van der Waals surface area contributed by atoms with Gasteiger partial charge in [-0.2, -0.15) is 0 Å². The Morgan fingerprint density at radius 2 is 1.57 bits per heavy atom.